The molecular weight excluding hydrogens is 272 g/mol. The number of esters is 1. The third kappa shape index (κ3) is 4.22. The molecule has 2 heteroatoms. The van der Waals surface area contributed by atoms with E-state index in [-0.39, 0.29) is 11.9 Å². The third-order valence-electron chi connectivity index (χ3n) is 4.76. The van der Waals surface area contributed by atoms with Crippen molar-refractivity contribution in [3.05, 3.63) is 47.6 Å². The van der Waals surface area contributed by atoms with Gasteiger partial charge in [0, 0.05) is 5.92 Å². The molecule has 1 heterocycles. The molecule has 0 saturated carbocycles. The lowest BCUT2D eigenvalue weighted by molar-refractivity contribution is -0.157. The summed E-state index contributed by atoms with van der Waals surface area (Å²) in [5, 5.41) is 0. The van der Waals surface area contributed by atoms with Gasteiger partial charge in [-0.3, -0.25) is 4.79 Å². The second-order valence-electron chi connectivity index (χ2n) is 6.84. The number of cyclic esters (lactones) is 1. The van der Waals surface area contributed by atoms with Crippen LogP contribution in [0.5, 0.6) is 0 Å². The third-order valence-corrected chi connectivity index (χ3v) is 4.76. The van der Waals surface area contributed by atoms with Gasteiger partial charge in [-0.05, 0) is 52.4 Å². The molecule has 3 unspecified atom stereocenters. The second kappa shape index (κ2) is 7.62. The van der Waals surface area contributed by atoms with Crippen LogP contribution in [0, 0.1) is 17.8 Å². The summed E-state index contributed by atoms with van der Waals surface area (Å²) in [5.41, 5.74) is 3.90. The first-order chi connectivity index (χ1) is 10.5. The predicted molar refractivity (Wildman–Crippen MR) is 91.4 cm³/mol. The first-order valence-electron chi connectivity index (χ1n) is 8.30. The minimum Gasteiger partial charge on any atom is -0.465 e. The highest BCUT2D eigenvalue weighted by atomic mass is 16.5. The van der Waals surface area contributed by atoms with Gasteiger partial charge in [-0.25, -0.2) is 0 Å². The van der Waals surface area contributed by atoms with Crippen molar-refractivity contribution in [1.82, 2.24) is 0 Å². The minimum atomic E-state index is -0.142. The zero-order valence-electron chi connectivity index (χ0n) is 14.1. The average Bonchev–Trinajstić information content (AvgIpc) is 2.52. The molecule has 3 atom stereocenters. The van der Waals surface area contributed by atoms with Crippen LogP contribution in [0.2, 0.25) is 0 Å². The van der Waals surface area contributed by atoms with Crippen molar-refractivity contribution >= 4 is 5.97 Å². The van der Waals surface area contributed by atoms with Gasteiger partial charge in [0.2, 0.25) is 0 Å². The topological polar surface area (TPSA) is 26.3 Å². The summed E-state index contributed by atoms with van der Waals surface area (Å²) in [4.78, 5) is 12.3. The SMILES string of the molecule is C=C1CCC=C(C)CCC2C(C=CC=C(C)C)C(=O)OCC12. The van der Waals surface area contributed by atoms with Crippen LogP contribution in [0.4, 0.5) is 0 Å². The Morgan fingerprint density at radius 1 is 1.36 bits per heavy atom. The molecule has 0 spiro atoms. The molecule has 1 saturated heterocycles. The van der Waals surface area contributed by atoms with Gasteiger partial charge >= 0.3 is 5.97 Å². The zero-order valence-corrected chi connectivity index (χ0v) is 14.1. The quantitative estimate of drug-likeness (QED) is 0.408. The average molecular weight is 300 g/mol. The Labute approximate surface area is 134 Å². The van der Waals surface area contributed by atoms with Gasteiger partial charge in [0.25, 0.3) is 0 Å². The van der Waals surface area contributed by atoms with E-state index in [2.05, 4.69) is 33.4 Å². The maximum Gasteiger partial charge on any atom is 0.313 e. The Kier molecular flexibility index (Phi) is 5.82. The molecule has 0 aromatic heterocycles. The molecule has 2 aliphatic rings. The van der Waals surface area contributed by atoms with E-state index >= 15 is 0 Å². The molecule has 2 nitrogen and oxygen atoms in total. The molecule has 22 heavy (non-hydrogen) atoms. The number of hydrogen-bond donors (Lipinski definition) is 0. The van der Waals surface area contributed by atoms with E-state index in [4.69, 9.17) is 4.74 Å². The smallest absolute Gasteiger partial charge is 0.313 e. The van der Waals surface area contributed by atoms with Crippen LogP contribution >= 0.6 is 0 Å². The summed E-state index contributed by atoms with van der Waals surface area (Å²) in [7, 11) is 0. The zero-order chi connectivity index (χ0) is 16.1. The van der Waals surface area contributed by atoms with Crippen LogP contribution in [0.25, 0.3) is 0 Å². The van der Waals surface area contributed by atoms with Crippen molar-refractivity contribution in [2.24, 2.45) is 17.8 Å². The first kappa shape index (κ1) is 16.8. The molecule has 1 aliphatic carbocycles. The van der Waals surface area contributed by atoms with Crippen LogP contribution in [-0.4, -0.2) is 12.6 Å². The molecule has 0 N–H and O–H groups in total. The molecule has 1 fully saturated rings. The van der Waals surface area contributed by atoms with Crippen molar-refractivity contribution in [1.29, 1.82) is 0 Å². The summed E-state index contributed by atoms with van der Waals surface area (Å²) >= 11 is 0. The van der Waals surface area contributed by atoms with Crippen molar-refractivity contribution < 1.29 is 9.53 Å². The van der Waals surface area contributed by atoms with Crippen molar-refractivity contribution in [3.8, 4) is 0 Å². The number of allylic oxidation sites excluding steroid dienone is 5. The highest BCUT2D eigenvalue weighted by Gasteiger charge is 2.39. The fourth-order valence-electron chi connectivity index (χ4n) is 3.39. The van der Waals surface area contributed by atoms with E-state index < -0.39 is 0 Å². The Balaban J connectivity index is 2.24. The van der Waals surface area contributed by atoms with Crippen LogP contribution in [0.3, 0.4) is 0 Å². The highest BCUT2D eigenvalue weighted by molar-refractivity contribution is 5.76. The van der Waals surface area contributed by atoms with Crippen molar-refractivity contribution in [2.75, 3.05) is 6.61 Å². The Hall–Kier alpha value is -1.57. The van der Waals surface area contributed by atoms with E-state index in [0.29, 0.717) is 18.4 Å². The molecule has 0 aromatic rings. The fourth-order valence-corrected chi connectivity index (χ4v) is 3.39. The van der Waals surface area contributed by atoms with Gasteiger partial charge in [-0.15, -0.1) is 0 Å². The Bertz CT molecular complexity index is 518. The van der Waals surface area contributed by atoms with Crippen molar-refractivity contribution in [2.45, 2.75) is 46.5 Å². The normalized spacial score (nSPS) is 29.8. The molecule has 120 valence electrons. The summed E-state index contributed by atoms with van der Waals surface area (Å²) < 4.78 is 5.46. The lowest BCUT2D eigenvalue weighted by Gasteiger charge is -2.36. The van der Waals surface area contributed by atoms with E-state index in [1.165, 1.54) is 16.7 Å². The molecule has 2 rings (SSSR count). The number of carbonyl (C=O) groups excluding carboxylic acids is 1. The van der Waals surface area contributed by atoms with Gasteiger partial charge in [0.15, 0.2) is 0 Å². The van der Waals surface area contributed by atoms with Gasteiger partial charge < -0.3 is 4.74 Å². The molecular formula is C20H28O2. The summed E-state index contributed by atoms with van der Waals surface area (Å²) in [6, 6.07) is 0. The largest absolute Gasteiger partial charge is 0.465 e. The lowest BCUT2D eigenvalue weighted by Crippen LogP contribution is -2.39. The standard InChI is InChI=1S/C20H28O2/c1-14(2)7-5-10-18-17-12-11-15(3)8-6-9-16(4)19(17)13-22-20(18)21/h5,7-8,10,17-19H,4,6,9,11-13H2,1-3H3. The lowest BCUT2D eigenvalue weighted by atomic mass is 9.73. The van der Waals surface area contributed by atoms with E-state index in [9.17, 15) is 4.79 Å². The number of rotatable bonds is 2. The Morgan fingerprint density at radius 2 is 2.14 bits per heavy atom. The maximum atomic E-state index is 12.3. The maximum absolute atomic E-state index is 12.3. The summed E-state index contributed by atoms with van der Waals surface area (Å²) in [6.07, 6.45) is 12.5. The van der Waals surface area contributed by atoms with Crippen LogP contribution in [0.1, 0.15) is 46.5 Å². The van der Waals surface area contributed by atoms with Crippen LogP contribution in [-0.2, 0) is 9.53 Å². The van der Waals surface area contributed by atoms with Gasteiger partial charge in [0.1, 0.15) is 0 Å². The molecule has 1 aliphatic heterocycles. The monoisotopic (exact) mass is 300 g/mol. The molecule has 0 aromatic carbocycles. The fraction of sp³-hybridized carbons (Fsp3) is 0.550. The van der Waals surface area contributed by atoms with Crippen LogP contribution in [0.15, 0.2) is 47.6 Å². The number of carbonyl (C=O) groups is 1. The summed E-state index contributed by atoms with van der Waals surface area (Å²) in [6.45, 7) is 11.1. The minimum absolute atomic E-state index is 0.0756. The molecule has 0 bridgehead atoms. The van der Waals surface area contributed by atoms with E-state index in [1.54, 1.807) is 0 Å². The second-order valence-corrected chi connectivity index (χ2v) is 6.84. The number of hydrogen-bond acceptors (Lipinski definition) is 2. The highest BCUT2D eigenvalue weighted by Crippen LogP contribution is 2.39. The van der Waals surface area contributed by atoms with Crippen molar-refractivity contribution in [3.63, 3.8) is 0 Å². The van der Waals surface area contributed by atoms with Gasteiger partial charge in [-0.1, -0.05) is 47.6 Å². The van der Waals surface area contributed by atoms with Gasteiger partial charge in [0.05, 0.1) is 12.5 Å². The number of ether oxygens (including phenoxy) is 1. The van der Waals surface area contributed by atoms with Gasteiger partial charge in [-0.2, -0.15) is 0 Å². The Morgan fingerprint density at radius 3 is 2.86 bits per heavy atom. The van der Waals surface area contributed by atoms with E-state index in [1.807, 2.05) is 18.2 Å². The van der Waals surface area contributed by atoms with Crippen LogP contribution < -0.4 is 0 Å². The van der Waals surface area contributed by atoms with E-state index in [0.717, 1.165) is 25.7 Å². The predicted octanol–water partition coefficient (Wildman–Crippen LogP) is 4.99. The molecule has 0 radical (unpaired) electrons. The summed E-state index contributed by atoms with van der Waals surface area (Å²) in [5.74, 6) is 0.403. The number of fused-ring (bicyclic) bond motifs is 1. The molecule has 0 amide bonds. The first-order valence-corrected chi connectivity index (χ1v) is 8.30.